The lowest BCUT2D eigenvalue weighted by Gasteiger charge is -2.22. The van der Waals surface area contributed by atoms with Crippen LogP contribution in [-0.2, 0) is 12.0 Å². The molecule has 0 unspecified atom stereocenters. The molecular weight excluding hydrogens is 246 g/mol. The molecule has 20 heavy (non-hydrogen) atoms. The molecule has 0 saturated heterocycles. The Labute approximate surface area is 124 Å². The molecule has 0 spiro atoms. The first kappa shape index (κ1) is 15.4. The van der Waals surface area contributed by atoms with Gasteiger partial charge in [-0.25, -0.2) is 4.98 Å². The third-order valence-electron chi connectivity index (χ3n) is 4.45. The standard InChI is InChI=1S/C17H31N3/c1-5-6-12-20-15(18)14(17(2,3)4)19-16(20)13-10-8-7-9-11-13/h13H,5-12,18H2,1-4H3. The highest BCUT2D eigenvalue weighted by Crippen LogP contribution is 2.36. The summed E-state index contributed by atoms with van der Waals surface area (Å²) in [5, 5.41) is 0. The van der Waals surface area contributed by atoms with Crippen LogP contribution in [0, 0.1) is 0 Å². The normalized spacial score (nSPS) is 17.6. The molecule has 1 saturated carbocycles. The number of anilines is 1. The highest BCUT2D eigenvalue weighted by Gasteiger charge is 2.28. The fourth-order valence-corrected chi connectivity index (χ4v) is 3.26. The SMILES string of the molecule is CCCCn1c(C2CCCCC2)nc(C(C)(C)C)c1N. The number of aromatic nitrogens is 2. The van der Waals surface area contributed by atoms with Gasteiger partial charge in [0.1, 0.15) is 11.6 Å². The molecule has 0 aromatic carbocycles. The van der Waals surface area contributed by atoms with Crippen molar-refractivity contribution < 1.29 is 0 Å². The van der Waals surface area contributed by atoms with Crippen molar-refractivity contribution in [2.75, 3.05) is 5.73 Å². The van der Waals surface area contributed by atoms with Crippen LogP contribution in [0.25, 0.3) is 0 Å². The average molecular weight is 277 g/mol. The van der Waals surface area contributed by atoms with Gasteiger partial charge in [0, 0.05) is 17.9 Å². The molecule has 2 N–H and O–H groups in total. The first-order valence-corrected chi connectivity index (χ1v) is 8.31. The highest BCUT2D eigenvalue weighted by molar-refractivity contribution is 5.43. The minimum Gasteiger partial charge on any atom is -0.384 e. The highest BCUT2D eigenvalue weighted by atomic mass is 15.1. The van der Waals surface area contributed by atoms with Gasteiger partial charge in [-0.2, -0.15) is 0 Å². The predicted molar refractivity (Wildman–Crippen MR) is 86.1 cm³/mol. The Bertz CT molecular complexity index is 434. The molecule has 0 amide bonds. The van der Waals surface area contributed by atoms with E-state index >= 15 is 0 Å². The van der Waals surface area contributed by atoms with E-state index in [0.29, 0.717) is 5.92 Å². The summed E-state index contributed by atoms with van der Waals surface area (Å²) in [6.45, 7) is 9.89. The number of unbranched alkanes of at least 4 members (excludes halogenated alkanes) is 1. The molecule has 0 radical (unpaired) electrons. The lowest BCUT2D eigenvalue weighted by Crippen LogP contribution is -2.15. The molecule has 114 valence electrons. The first-order chi connectivity index (χ1) is 9.45. The van der Waals surface area contributed by atoms with Crippen LogP contribution in [0.4, 0.5) is 5.82 Å². The molecule has 3 heteroatoms. The van der Waals surface area contributed by atoms with Gasteiger partial charge in [0.25, 0.3) is 0 Å². The Morgan fingerprint density at radius 1 is 1.20 bits per heavy atom. The smallest absolute Gasteiger partial charge is 0.127 e. The number of nitrogens with zero attached hydrogens (tertiary/aromatic N) is 2. The van der Waals surface area contributed by atoms with E-state index in [1.54, 1.807) is 0 Å². The Hall–Kier alpha value is -0.990. The number of nitrogen functional groups attached to an aromatic ring is 1. The molecule has 3 nitrogen and oxygen atoms in total. The van der Waals surface area contributed by atoms with Crippen LogP contribution in [0.2, 0.25) is 0 Å². The summed E-state index contributed by atoms with van der Waals surface area (Å²) < 4.78 is 2.32. The molecule has 1 aromatic rings. The predicted octanol–water partition coefficient (Wildman–Crippen LogP) is 4.61. The summed E-state index contributed by atoms with van der Waals surface area (Å²) in [5.74, 6) is 2.80. The zero-order valence-electron chi connectivity index (χ0n) is 13.7. The van der Waals surface area contributed by atoms with Gasteiger partial charge in [-0.05, 0) is 19.3 Å². The molecule has 0 atom stereocenters. The monoisotopic (exact) mass is 277 g/mol. The van der Waals surface area contributed by atoms with E-state index in [-0.39, 0.29) is 5.41 Å². The van der Waals surface area contributed by atoms with E-state index < -0.39 is 0 Å². The van der Waals surface area contributed by atoms with E-state index in [1.165, 1.54) is 50.8 Å². The second kappa shape index (κ2) is 6.19. The molecule has 1 aliphatic rings. The molecule has 1 aromatic heterocycles. The average Bonchev–Trinajstić information content (AvgIpc) is 2.74. The lowest BCUT2D eigenvalue weighted by atomic mass is 9.88. The van der Waals surface area contributed by atoms with Gasteiger partial charge in [0.15, 0.2) is 0 Å². The Balaban J connectivity index is 2.36. The number of hydrogen-bond donors (Lipinski definition) is 1. The van der Waals surface area contributed by atoms with Crippen LogP contribution < -0.4 is 5.73 Å². The number of rotatable bonds is 4. The summed E-state index contributed by atoms with van der Waals surface area (Å²) in [6.07, 6.45) is 9.02. The molecular formula is C17H31N3. The van der Waals surface area contributed by atoms with Crippen molar-refractivity contribution in [3.05, 3.63) is 11.5 Å². The second-order valence-corrected chi connectivity index (χ2v) is 7.29. The first-order valence-electron chi connectivity index (χ1n) is 8.31. The van der Waals surface area contributed by atoms with Gasteiger partial charge in [0.2, 0.25) is 0 Å². The minimum absolute atomic E-state index is 0.0327. The van der Waals surface area contributed by atoms with Crippen molar-refractivity contribution in [1.82, 2.24) is 9.55 Å². The summed E-state index contributed by atoms with van der Waals surface area (Å²) in [4.78, 5) is 5.00. The summed E-state index contributed by atoms with van der Waals surface area (Å²) >= 11 is 0. The quantitative estimate of drug-likeness (QED) is 0.873. The van der Waals surface area contributed by atoms with Gasteiger partial charge in [-0.3, -0.25) is 0 Å². The van der Waals surface area contributed by atoms with E-state index in [2.05, 4.69) is 32.3 Å². The fourth-order valence-electron chi connectivity index (χ4n) is 3.26. The van der Waals surface area contributed by atoms with Crippen LogP contribution in [0.1, 0.15) is 90.1 Å². The van der Waals surface area contributed by atoms with Crippen molar-refractivity contribution in [2.45, 2.75) is 90.5 Å². The fraction of sp³-hybridized carbons (Fsp3) is 0.824. The summed E-state index contributed by atoms with van der Waals surface area (Å²) in [7, 11) is 0. The topological polar surface area (TPSA) is 43.8 Å². The number of nitrogens with two attached hydrogens (primary N) is 1. The Kier molecular flexibility index (Phi) is 4.77. The number of hydrogen-bond acceptors (Lipinski definition) is 2. The molecule has 0 bridgehead atoms. The van der Waals surface area contributed by atoms with Crippen molar-refractivity contribution in [3.63, 3.8) is 0 Å². The maximum Gasteiger partial charge on any atom is 0.127 e. The van der Waals surface area contributed by atoms with Crippen LogP contribution in [0.15, 0.2) is 0 Å². The van der Waals surface area contributed by atoms with Crippen molar-refractivity contribution >= 4 is 5.82 Å². The molecule has 1 heterocycles. The third kappa shape index (κ3) is 3.18. The lowest BCUT2D eigenvalue weighted by molar-refractivity contribution is 0.413. The largest absolute Gasteiger partial charge is 0.384 e. The van der Waals surface area contributed by atoms with Crippen LogP contribution >= 0.6 is 0 Å². The van der Waals surface area contributed by atoms with Crippen LogP contribution in [0.3, 0.4) is 0 Å². The van der Waals surface area contributed by atoms with E-state index in [0.717, 1.165) is 18.1 Å². The van der Waals surface area contributed by atoms with E-state index in [1.807, 2.05) is 0 Å². The van der Waals surface area contributed by atoms with Gasteiger partial charge in [0.05, 0.1) is 5.69 Å². The van der Waals surface area contributed by atoms with Crippen LogP contribution in [-0.4, -0.2) is 9.55 Å². The number of imidazole rings is 1. The van der Waals surface area contributed by atoms with Crippen molar-refractivity contribution in [2.24, 2.45) is 0 Å². The van der Waals surface area contributed by atoms with Crippen molar-refractivity contribution in [3.8, 4) is 0 Å². The summed E-state index contributed by atoms with van der Waals surface area (Å²) in [5.41, 5.74) is 7.56. The molecule has 0 aliphatic heterocycles. The van der Waals surface area contributed by atoms with Gasteiger partial charge < -0.3 is 10.3 Å². The Morgan fingerprint density at radius 2 is 1.85 bits per heavy atom. The molecule has 1 fully saturated rings. The maximum atomic E-state index is 6.44. The van der Waals surface area contributed by atoms with Crippen molar-refractivity contribution in [1.29, 1.82) is 0 Å². The Morgan fingerprint density at radius 3 is 2.40 bits per heavy atom. The van der Waals surface area contributed by atoms with E-state index in [9.17, 15) is 0 Å². The van der Waals surface area contributed by atoms with Gasteiger partial charge in [-0.1, -0.05) is 53.4 Å². The third-order valence-corrected chi connectivity index (χ3v) is 4.45. The maximum absolute atomic E-state index is 6.44. The second-order valence-electron chi connectivity index (χ2n) is 7.29. The molecule has 2 rings (SSSR count). The van der Waals surface area contributed by atoms with Gasteiger partial charge >= 0.3 is 0 Å². The van der Waals surface area contributed by atoms with Gasteiger partial charge in [-0.15, -0.1) is 0 Å². The zero-order chi connectivity index (χ0) is 14.8. The summed E-state index contributed by atoms with van der Waals surface area (Å²) in [6, 6.07) is 0. The van der Waals surface area contributed by atoms with E-state index in [4.69, 9.17) is 10.7 Å². The minimum atomic E-state index is 0.0327. The molecule has 1 aliphatic carbocycles. The zero-order valence-corrected chi connectivity index (χ0v) is 13.7. The van der Waals surface area contributed by atoms with Crippen LogP contribution in [0.5, 0.6) is 0 Å².